The van der Waals surface area contributed by atoms with Crippen LogP contribution in [0.1, 0.15) is 31.4 Å². The van der Waals surface area contributed by atoms with Crippen molar-refractivity contribution in [3.05, 3.63) is 35.6 Å². The van der Waals surface area contributed by atoms with Crippen molar-refractivity contribution in [1.29, 1.82) is 0 Å². The van der Waals surface area contributed by atoms with Gasteiger partial charge >= 0.3 is 0 Å². The third kappa shape index (κ3) is 5.17. The molecule has 5 nitrogen and oxygen atoms in total. The lowest BCUT2D eigenvalue weighted by atomic mass is 10.0. The maximum atomic E-state index is 13.0. The number of nitrogens with one attached hydrogen (secondary N) is 2. The standard InChI is InChI=1S/C15H21FN2O3S/c1-10-20-14(21-10)6-8-17-15(22)18-13(7-9-19)11-2-4-12(16)5-3-11/h2-5,10,13-14,19H,6-9H2,1H3,(H2,17,18,22). The first kappa shape index (κ1) is 17.1. The fraction of sp³-hybridized carbons (Fsp3) is 0.533. The monoisotopic (exact) mass is 328 g/mol. The fourth-order valence-electron chi connectivity index (χ4n) is 2.23. The Labute approximate surface area is 134 Å². The minimum Gasteiger partial charge on any atom is -0.396 e. The first-order valence-electron chi connectivity index (χ1n) is 7.30. The van der Waals surface area contributed by atoms with Crippen molar-refractivity contribution in [1.82, 2.24) is 10.6 Å². The van der Waals surface area contributed by atoms with Crippen molar-refractivity contribution in [2.75, 3.05) is 13.2 Å². The maximum absolute atomic E-state index is 13.0. The van der Waals surface area contributed by atoms with Gasteiger partial charge in [0, 0.05) is 19.6 Å². The largest absolute Gasteiger partial charge is 0.396 e. The van der Waals surface area contributed by atoms with Crippen molar-refractivity contribution in [2.24, 2.45) is 0 Å². The van der Waals surface area contributed by atoms with E-state index in [1.54, 1.807) is 12.1 Å². The van der Waals surface area contributed by atoms with Crippen LogP contribution in [-0.2, 0) is 9.47 Å². The van der Waals surface area contributed by atoms with Crippen molar-refractivity contribution < 1.29 is 19.0 Å². The number of rotatable bonds is 7. The van der Waals surface area contributed by atoms with Crippen LogP contribution >= 0.6 is 12.2 Å². The summed E-state index contributed by atoms with van der Waals surface area (Å²) in [6, 6.07) is 5.99. The highest BCUT2D eigenvalue weighted by Crippen LogP contribution is 2.18. The normalized spacial score (nSPS) is 21.8. The molecule has 0 radical (unpaired) electrons. The van der Waals surface area contributed by atoms with E-state index in [0.29, 0.717) is 24.5 Å². The second-order valence-electron chi connectivity index (χ2n) is 5.07. The van der Waals surface area contributed by atoms with E-state index in [1.165, 1.54) is 12.1 Å². The molecule has 0 spiro atoms. The predicted octanol–water partition coefficient (Wildman–Crippen LogP) is 1.82. The summed E-state index contributed by atoms with van der Waals surface area (Å²) in [5.74, 6) is -0.290. The Bertz CT molecular complexity index is 480. The summed E-state index contributed by atoms with van der Waals surface area (Å²) in [5, 5.41) is 15.8. The highest BCUT2D eigenvalue weighted by Gasteiger charge is 2.26. The molecule has 22 heavy (non-hydrogen) atoms. The Hall–Kier alpha value is -1.28. The van der Waals surface area contributed by atoms with Crippen molar-refractivity contribution in [3.8, 4) is 0 Å². The SMILES string of the molecule is CC1OC(CCNC(=S)NC(CCO)c2ccc(F)cc2)O1. The number of halogens is 1. The molecule has 0 amide bonds. The molecule has 1 aliphatic heterocycles. The summed E-state index contributed by atoms with van der Waals surface area (Å²) in [4.78, 5) is 0. The van der Waals surface area contributed by atoms with Gasteiger partial charge in [0.2, 0.25) is 0 Å². The van der Waals surface area contributed by atoms with Gasteiger partial charge in [0.25, 0.3) is 0 Å². The van der Waals surface area contributed by atoms with Gasteiger partial charge in [-0.05, 0) is 43.3 Å². The topological polar surface area (TPSA) is 62.8 Å². The van der Waals surface area contributed by atoms with E-state index >= 15 is 0 Å². The molecule has 2 rings (SSSR count). The van der Waals surface area contributed by atoms with Crippen LogP contribution in [0.3, 0.4) is 0 Å². The number of aliphatic hydroxyl groups excluding tert-OH is 1. The summed E-state index contributed by atoms with van der Waals surface area (Å²) in [6.07, 6.45) is 0.894. The highest BCUT2D eigenvalue weighted by atomic mass is 32.1. The molecule has 1 aromatic rings. The Kier molecular flexibility index (Phi) is 6.50. The quantitative estimate of drug-likeness (QED) is 0.664. The number of benzene rings is 1. The van der Waals surface area contributed by atoms with E-state index in [9.17, 15) is 4.39 Å². The molecule has 3 N–H and O–H groups in total. The van der Waals surface area contributed by atoms with Gasteiger partial charge in [-0.2, -0.15) is 0 Å². The van der Waals surface area contributed by atoms with Gasteiger partial charge in [-0.3, -0.25) is 0 Å². The van der Waals surface area contributed by atoms with Crippen LogP contribution in [0.25, 0.3) is 0 Å². The van der Waals surface area contributed by atoms with E-state index < -0.39 is 0 Å². The third-order valence-electron chi connectivity index (χ3n) is 3.35. The molecule has 0 bridgehead atoms. The zero-order valence-corrected chi connectivity index (χ0v) is 13.2. The highest BCUT2D eigenvalue weighted by molar-refractivity contribution is 7.80. The number of hydrogen-bond donors (Lipinski definition) is 3. The van der Waals surface area contributed by atoms with Crippen LogP contribution in [0.2, 0.25) is 0 Å². The van der Waals surface area contributed by atoms with E-state index in [-0.39, 0.29) is 31.0 Å². The summed E-state index contributed by atoms with van der Waals surface area (Å²) in [7, 11) is 0. The van der Waals surface area contributed by atoms with Crippen molar-refractivity contribution in [2.45, 2.75) is 38.4 Å². The molecule has 1 saturated heterocycles. The smallest absolute Gasteiger partial charge is 0.166 e. The van der Waals surface area contributed by atoms with Gasteiger partial charge in [0.1, 0.15) is 5.82 Å². The molecular weight excluding hydrogens is 307 g/mol. The molecular formula is C15H21FN2O3S. The van der Waals surface area contributed by atoms with E-state index in [1.807, 2.05) is 6.92 Å². The summed E-state index contributed by atoms with van der Waals surface area (Å²) in [5.41, 5.74) is 0.874. The van der Waals surface area contributed by atoms with Crippen molar-refractivity contribution >= 4 is 17.3 Å². The molecule has 122 valence electrons. The molecule has 1 fully saturated rings. The van der Waals surface area contributed by atoms with Crippen LogP contribution in [-0.4, -0.2) is 36.0 Å². The number of ether oxygens (including phenoxy) is 2. The van der Waals surface area contributed by atoms with Gasteiger partial charge in [0.15, 0.2) is 17.7 Å². The molecule has 0 aliphatic carbocycles. The minimum absolute atomic E-state index is 0.0132. The second-order valence-corrected chi connectivity index (χ2v) is 5.48. The zero-order chi connectivity index (χ0) is 15.9. The molecule has 0 aromatic heterocycles. The van der Waals surface area contributed by atoms with Gasteiger partial charge in [-0.25, -0.2) is 4.39 Å². The van der Waals surface area contributed by atoms with E-state index in [0.717, 1.165) is 5.56 Å². The number of hydrogen-bond acceptors (Lipinski definition) is 4. The van der Waals surface area contributed by atoms with Gasteiger partial charge in [-0.1, -0.05) is 12.1 Å². The van der Waals surface area contributed by atoms with Crippen LogP contribution < -0.4 is 10.6 Å². The Morgan fingerprint density at radius 3 is 2.64 bits per heavy atom. The number of aliphatic hydroxyl groups is 1. The van der Waals surface area contributed by atoms with Crippen LogP contribution in [0, 0.1) is 5.82 Å². The first-order valence-corrected chi connectivity index (χ1v) is 7.71. The number of thiocarbonyl (C=S) groups is 1. The minimum atomic E-state index is -0.290. The average molecular weight is 328 g/mol. The molecule has 1 aliphatic rings. The molecule has 0 saturated carbocycles. The molecule has 1 atom stereocenters. The van der Waals surface area contributed by atoms with Gasteiger partial charge < -0.3 is 25.2 Å². The maximum Gasteiger partial charge on any atom is 0.166 e. The first-order chi connectivity index (χ1) is 10.6. The second kappa shape index (κ2) is 8.38. The lowest BCUT2D eigenvalue weighted by Crippen LogP contribution is -2.43. The lowest BCUT2D eigenvalue weighted by molar-refractivity contribution is -0.376. The molecule has 7 heteroatoms. The Balaban J connectivity index is 1.77. The van der Waals surface area contributed by atoms with E-state index in [4.69, 9.17) is 26.8 Å². The van der Waals surface area contributed by atoms with Crippen LogP contribution in [0.4, 0.5) is 4.39 Å². The summed E-state index contributed by atoms with van der Waals surface area (Å²) in [6.45, 7) is 2.48. The Morgan fingerprint density at radius 2 is 2.05 bits per heavy atom. The van der Waals surface area contributed by atoms with Crippen molar-refractivity contribution in [3.63, 3.8) is 0 Å². The zero-order valence-electron chi connectivity index (χ0n) is 12.4. The lowest BCUT2D eigenvalue weighted by Gasteiger charge is -2.33. The summed E-state index contributed by atoms with van der Waals surface area (Å²) < 4.78 is 23.6. The molecule has 1 unspecified atom stereocenters. The predicted molar refractivity (Wildman–Crippen MR) is 84.6 cm³/mol. The average Bonchev–Trinajstić information content (AvgIpc) is 2.46. The summed E-state index contributed by atoms with van der Waals surface area (Å²) >= 11 is 5.24. The van der Waals surface area contributed by atoms with E-state index in [2.05, 4.69) is 10.6 Å². The van der Waals surface area contributed by atoms with Crippen LogP contribution in [0.15, 0.2) is 24.3 Å². The van der Waals surface area contributed by atoms with Gasteiger partial charge in [-0.15, -0.1) is 0 Å². The Morgan fingerprint density at radius 1 is 1.36 bits per heavy atom. The van der Waals surface area contributed by atoms with Gasteiger partial charge in [0.05, 0.1) is 6.04 Å². The third-order valence-corrected chi connectivity index (χ3v) is 3.61. The molecule has 1 aromatic carbocycles. The van der Waals surface area contributed by atoms with Crippen LogP contribution in [0.5, 0.6) is 0 Å². The molecule has 1 heterocycles. The fourth-order valence-corrected chi connectivity index (χ4v) is 2.48.